The van der Waals surface area contributed by atoms with Gasteiger partial charge >= 0.3 is 0 Å². The number of rotatable bonds is 5. The van der Waals surface area contributed by atoms with Crippen molar-refractivity contribution in [2.45, 2.75) is 38.7 Å². The molecule has 1 aromatic heterocycles. The summed E-state index contributed by atoms with van der Waals surface area (Å²) in [5, 5.41) is 24.6. The number of aliphatic hydroxyl groups excluding tert-OH is 2. The number of hydrogen-bond acceptors (Lipinski definition) is 5. The SMILES string of the molecule is CC(C)c1cc(C(=O)N2CC[C@H](O)[C@@](CO)(Cc3ccc(F)cc3)C2)on1. The van der Waals surface area contributed by atoms with E-state index in [9.17, 15) is 19.4 Å². The molecule has 0 unspecified atom stereocenters. The molecule has 1 aliphatic heterocycles. The molecule has 2 N–H and O–H groups in total. The van der Waals surface area contributed by atoms with Crippen LogP contribution in [0.2, 0.25) is 0 Å². The summed E-state index contributed by atoms with van der Waals surface area (Å²) in [6, 6.07) is 7.59. The lowest BCUT2D eigenvalue weighted by atomic mass is 9.73. The minimum Gasteiger partial charge on any atom is -0.396 e. The smallest absolute Gasteiger partial charge is 0.292 e. The van der Waals surface area contributed by atoms with Crippen LogP contribution in [-0.2, 0) is 6.42 Å². The first kappa shape index (κ1) is 19.5. The summed E-state index contributed by atoms with van der Waals surface area (Å²) in [6.45, 7) is 4.18. The molecule has 146 valence electrons. The van der Waals surface area contributed by atoms with Gasteiger partial charge in [0.25, 0.3) is 5.91 Å². The highest BCUT2D eigenvalue weighted by atomic mass is 19.1. The van der Waals surface area contributed by atoms with Gasteiger partial charge in [-0.2, -0.15) is 0 Å². The maximum absolute atomic E-state index is 13.2. The Hall–Kier alpha value is -2.25. The fraction of sp³-hybridized carbons (Fsp3) is 0.500. The van der Waals surface area contributed by atoms with Crippen molar-refractivity contribution in [3.8, 4) is 0 Å². The number of aromatic nitrogens is 1. The second-order valence-electron chi connectivity index (χ2n) is 7.63. The molecule has 27 heavy (non-hydrogen) atoms. The number of benzene rings is 1. The molecular formula is C20H25FN2O4. The van der Waals surface area contributed by atoms with Crippen LogP contribution in [0, 0.1) is 11.2 Å². The second kappa shape index (κ2) is 7.78. The number of hydrogen-bond donors (Lipinski definition) is 2. The van der Waals surface area contributed by atoms with E-state index in [-0.39, 0.29) is 36.6 Å². The lowest BCUT2D eigenvalue weighted by molar-refractivity contribution is -0.0674. The van der Waals surface area contributed by atoms with Gasteiger partial charge in [0.15, 0.2) is 0 Å². The molecule has 0 saturated carbocycles. The van der Waals surface area contributed by atoms with E-state index in [4.69, 9.17) is 4.52 Å². The molecule has 7 heteroatoms. The number of likely N-dealkylation sites (tertiary alicyclic amines) is 1. The number of amides is 1. The van der Waals surface area contributed by atoms with Crippen molar-refractivity contribution < 1.29 is 23.9 Å². The molecule has 6 nitrogen and oxygen atoms in total. The van der Waals surface area contributed by atoms with Gasteiger partial charge in [0.05, 0.1) is 18.4 Å². The monoisotopic (exact) mass is 376 g/mol. The number of aliphatic hydroxyl groups is 2. The van der Waals surface area contributed by atoms with E-state index in [1.165, 1.54) is 12.1 Å². The van der Waals surface area contributed by atoms with Crippen LogP contribution in [-0.4, -0.2) is 52.0 Å². The highest BCUT2D eigenvalue weighted by Gasteiger charge is 2.44. The third kappa shape index (κ3) is 4.04. The van der Waals surface area contributed by atoms with Crippen LogP contribution >= 0.6 is 0 Å². The molecule has 0 radical (unpaired) electrons. The summed E-state index contributed by atoms with van der Waals surface area (Å²) in [4.78, 5) is 14.4. The third-order valence-electron chi connectivity index (χ3n) is 5.29. The number of carbonyl (C=O) groups excluding carboxylic acids is 1. The summed E-state index contributed by atoms with van der Waals surface area (Å²) < 4.78 is 18.4. The summed E-state index contributed by atoms with van der Waals surface area (Å²) >= 11 is 0. The third-order valence-corrected chi connectivity index (χ3v) is 5.29. The predicted molar refractivity (Wildman–Crippen MR) is 96.7 cm³/mol. The first-order valence-electron chi connectivity index (χ1n) is 9.14. The van der Waals surface area contributed by atoms with Gasteiger partial charge in [0.1, 0.15) is 5.82 Å². The standard InChI is InChI=1S/C20H25FN2O4/c1-13(2)16-9-17(27-22-16)19(26)23-8-7-18(25)20(11-23,12-24)10-14-3-5-15(21)6-4-14/h3-6,9,13,18,24-25H,7-8,10-12H2,1-2H3/t18-,20-/m0/s1. The van der Waals surface area contributed by atoms with Crippen molar-refractivity contribution in [1.29, 1.82) is 0 Å². The van der Waals surface area contributed by atoms with Crippen molar-refractivity contribution in [2.75, 3.05) is 19.7 Å². The lowest BCUT2D eigenvalue weighted by Gasteiger charge is -2.45. The first-order chi connectivity index (χ1) is 12.8. The van der Waals surface area contributed by atoms with Crippen molar-refractivity contribution in [2.24, 2.45) is 5.41 Å². The Bertz CT molecular complexity index is 790. The molecule has 0 aliphatic carbocycles. The zero-order chi connectivity index (χ0) is 19.6. The molecule has 2 atom stereocenters. The van der Waals surface area contributed by atoms with Crippen LogP contribution in [0.3, 0.4) is 0 Å². The van der Waals surface area contributed by atoms with Crippen LogP contribution in [0.4, 0.5) is 4.39 Å². The summed E-state index contributed by atoms with van der Waals surface area (Å²) in [6.07, 6.45) is -0.0846. The van der Waals surface area contributed by atoms with Gasteiger partial charge in [-0.1, -0.05) is 31.1 Å². The van der Waals surface area contributed by atoms with Crippen LogP contribution < -0.4 is 0 Å². The van der Waals surface area contributed by atoms with E-state index in [0.29, 0.717) is 25.1 Å². The van der Waals surface area contributed by atoms with Gasteiger partial charge in [-0.25, -0.2) is 4.39 Å². The molecule has 0 bridgehead atoms. The van der Waals surface area contributed by atoms with Gasteiger partial charge in [-0.15, -0.1) is 0 Å². The van der Waals surface area contributed by atoms with E-state index < -0.39 is 11.5 Å². The van der Waals surface area contributed by atoms with Crippen LogP contribution in [0.1, 0.15) is 48.0 Å². The Morgan fingerprint density at radius 1 is 1.41 bits per heavy atom. The van der Waals surface area contributed by atoms with E-state index >= 15 is 0 Å². The van der Waals surface area contributed by atoms with Gasteiger partial charge in [0, 0.05) is 24.6 Å². The molecule has 1 aliphatic rings. The maximum Gasteiger partial charge on any atom is 0.292 e. The normalized spacial score (nSPS) is 23.0. The molecule has 1 saturated heterocycles. The van der Waals surface area contributed by atoms with Crippen LogP contribution in [0.5, 0.6) is 0 Å². The van der Waals surface area contributed by atoms with E-state index in [0.717, 1.165) is 5.56 Å². The highest BCUT2D eigenvalue weighted by molar-refractivity contribution is 5.91. The Labute approximate surface area is 157 Å². The zero-order valence-electron chi connectivity index (χ0n) is 15.6. The highest BCUT2D eigenvalue weighted by Crippen LogP contribution is 2.34. The first-order valence-corrected chi connectivity index (χ1v) is 9.14. The van der Waals surface area contributed by atoms with Crippen molar-refractivity contribution in [1.82, 2.24) is 10.1 Å². The van der Waals surface area contributed by atoms with Crippen LogP contribution in [0.15, 0.2) is 34.9 Å². The zero-order valence-corrected chi connectivity index (χ0v) is 15.6. The van der Waals surface area contributed by atoms with Crippen LogP contribution in [0.25, 0.3) is 0 Å². The van der Waals surface area contributed by atoms with E-state index in [1.807, 2.05) is 13.8 Å². The molecule has 0 spiro atoms. The van der Waals surface area contributed by atoms with E-state index in [1.54, 1.807) is 23.1 Å². The Morgan fingerprint density at radius 3 is 2.70 bits per heavy atom. The summed E-state index contributed by atoms with van der Waals surface area (Å²) in [7, 11) is 0. The molecule has 1 amide bonds. The molecule has 1 fully saturated rings. The van der Waals surface area contributed by atoms with Crippen molar-refractivity contribution in [3.63, 3.8) is 0 Å². The minimum atomic E-state index is -0.910. The van der Waals surface area contributed by atoms with Gasteiger partial charge in [-0.05, 0) is 36.5 Å². The molecule has 1 aromatic carbocycles. The number of carbonyl (C=O) groups is 1. The largest absolute Gasteiger partial charge is 0.396 e. The summed E-state index contributed by atoms with van der Waals surface area (Å²) in [5.41, 5.74) is 0.586. The number of halogens is 1. The second-order valence-corrected chi connectivity index (χ2v) is 7.63. The predicted octanol–water partition coefficient (Wildman–Crippen LogP) is 2.37. The molecule has 3 rings (SSSR count). The van der Waals surface area contributed by atoms with Gasteiger partial charge in [0.2, 0.25) is 5.76 Å². The fourth-order valence-corrected chi connectivity index (χ4v) is 3.53. The van der Waals surface area contributed by atoms with Gasteiger partial charge in [-0.3, -0.25) is 4.79 Å². The Kier molecular flexibility index (Phi) is 5.62. The van der Waals surface area contributed by atoms with Crippen molar-refractivity contribution in [3.05, 3.63) is 53.2 Å². The number of piperidine rings is 1. The Morgan fingerprint density at radius 2 is 2.11 bits per heavy atom. The topological polar surface area (TPSA) is 86.8 Å². The van der Waals surface area contributed by atoms with E-state index in [2.05, 4.69) is 5.16 Å². The quantitative estimate of drug-likeness (QED) is 0.837. The molecule has 2 heterocycles. The van der Waals surface area contributed by atoms with Crippen molar-refractivity contribution >= 4 is 5.91 Å². The summed E-state index contributed by atoms with van der Waals surface area (Å²) in [5.74, 6) is -0.348. The Balaban J connectivity index is 1.80. The fourth-order valence-electron chi connectivity index (χ4n) is 3.53. The number of nitrogens with zero attached hydrogens (tertiary/aromatic N) is 2. The van der Waals surface area contributed by atoms with Gasteiger partial charge < -0.3 is 19.6 Å². The maximum atomic E-state index is 13.2. The average molecular weight is 376 g/mol. The molecule has 2 aromatic rings. The average Bonchev–Trinajstić information content (AvgIpc) is 3.15. The molecular weight excluding hydrogens is 351 g/mol. The minimum absolute atomic E-state index is 0.147. The lowest BCUT2D eigenvalue weighted by Crippen LogP contribution is -2.56.